The van der Waals surface area contributed by atoms with Crippen molar-refractivity contribution in [3.05, 3.63) is 35.9 Å². The molecule has 0 bridgehead atoms. The van der Waals surface area contributed by atoms with Gasteiger partial charge in [-0.15, -0.1) is 0 Å². The predicted octanol–water partition coefficient (Wildman–Crippen LogP) is 3.09. The topological polar surface area (TPSA) is 87.1 Å². The summed E-state index contributed by atoms with van der Waals surface area (Å²) in [5.74, 6) is -0.763. The monoisotopic (exact) mass is 421 g/mol. The first-order chi connectivity index (χ1) is 13.5. The number of amides is 1. The smallest absolute Gasteiger partial charge is 0.329 e. The zero-order valence-electron chi connectivity index (χ0n) is 18.2. The maximum Gasteiger partial charge on any atom is 0.329 e. The molecule has 7 heteroatoms. The number of carbonyl (C=O) groups excluding carboxylic acids is 2. The van der Waals surface area contributed by atoms with Crippen LogP contribution in [0.2, 0.25) is 18.1 Å². The molecular formula is C22H35NO5Si. The Kier molecular flexibility index (Phi) is 7.65. The van der Waals surface area contributed by atoms with Crippen molar-refractivity contribution in [3.8, 4) is 0 Å². The van der Waals surface area contributed by atoms with Crippen molar-refractivity contribution in [1.29, 1.82) is 0 Å². The summed E-state index contributed by atoms with van der Waals surface area (Å²) in [6.07, 6.45) is 0.703. The van der Waals surface area contributed by atoms with Crippen LogP contribution in [0.25, 0.3) is 0 Å². The van der Waals surface area contributed by atoms with Crippen molar-refractivity contribution >= 4 is 20.1 Å². The van der Waals surface area contributed by atoms with Gasteiger partial charge in [-0.2, -0.15) is 0 Å². The molecule has 6 nitrogen and oxygen atoms in total. The summed E-state index contributed by atoms with van der Waals surface area (Å²) in [5, 5.41) is 18.5. The molecule has 0 spiro atoms. The second kappa shape index (κ2) is 9.41. The highest BCUT2D eigenvalue weighted by Gasteiger charge is 2.60. The molecule has 1 fully saturated rings. The summed E-state index contributed by atoms with van der Waals surface area (Å²) in [6, 6.07) is 8.93. The van der Waals surface area contributed by atoms with Gasteiger partial charge in [-0.25, -0.2) is 4.79 Å². The minimum atomic E-state index is -2.23. The summed E-state index contributed by atoms with van der Waals surface area (Å²) in [7, 11) is -2.23. The molecule has 29 heavy (non-hydrogen) atoms. The Labute approximate surface area is 175 Å². The van der Waals surface area contributed by atoms with Crippen molar-refractivity contribution in [2.45, 2.75) is 76.9 Å². The van der Waals surface area contributed by atoms with Crippen LogP contribution in [0, 0.1) is 5.92 Å². The number of ether oxygens (including phenoxy) is 1. The highest BCUT2D eigenvalue weighted by Crippen LogP contribution is 2.46. The van der Waals surface area contributed by atoms with Crippen molar-refractivity contribution in [2.24, 2.45) is 5.92 Å². The van der Waals surface area contributed by atoms with E-state index in [1.807, 2.05) is 34.9 Å². The molecule has 1 aromatic carbocycles. The van der Waals surface area contributed by atoms with E-state index in [1.54, 1.807) is 0 Å². The highest BCUT2D eigenvalue weighted by atomic mass is 28.3. The van der Waals surface area contributed by atoms with Gasteiger partial charge in [-0.1, -0.05) is 64.2 Å². The van der Waals surface area contributed by atoms with Gasteiger partial charge in [0, 0.05) is 0 Å². The zero-order chi connectivity index (χ0) is 21.8. The lowest BCUT2D eigenvalue weighted by atomic mass is 9.85. The molecule has 2 N–H and O–H groups in total. The average molecular weight is 422 g/mol. The molecule has 2 rings (SSSR count). The lowest BCUT2D eigenvalue weighted by molar-refractivity contribution is -0.169. The van der Waals surface area contributed by atoms with Gasteiger partial charge in [0.05, 0.1) is 18.6 Å². The van der Waals surface area contributed by atoms with Gasteiger partial charge in [-0.3, -0.25) is 4.79 Å². The number of carbonyl (C=O) groups is 2. The molecule has 3 atom stereocenters. The van der Waals surface area contributed by atoms with Crippen molar-refractivity contribution < 1.29 is 24.5 Å². The fourth-order valence-electron chi connectivity index (χ4n) is 3.56. The quantitative estimate of drug-likeness (QED) is 0.363. The zero-order valence-corrected chi connectivity index (χ0v) is 19.2. The van der Waals surface area contributed by atoms with Crippen molar-refractivity contribution in [3.63, 3.8) is 0 Å². The number of benzene rings is 1. The minimum absolute atomic E-state index is 0.0109. The first-order valence-electron chi connectivity index (χ1n) is 10.3. The van der Waals surface area contributed by atoms with Crippen molar-refractivity contribution in [1.82, 2.24) is 4.57 Å². The van der Waals surface area contributed by atoms with E-state index in [0.717, 1.165) is 5.56 Å². The Morgan fingerprint density at radius 3 is 2.41 bits per heavy atom. The third kappa shape index (κ3) is 5.27. The number of esters is 1. The Morgan fingerprint density at radius 2 is 1.86 bits per heavy atom. The van der Waals surface area contributed by atoms with E-state index >= 15 is 0 Å². The number of rotatable bonds is 9. The number of aliphatic hydroxyl groups is 2. The summed E-state index contributed by atoms with van der Waals surface area (Å²) in [5.41, 5.74) is 0.910. The molecule has 1 heterocycles. The van der Waals surface area contributed by atoms with E-state index in [4.69, 9.17) is 9.84 Å². The third-order valence-corrected chi connectivity index (χ3v) is 11.8. The fourth-order valence-corrected chi connectivity index (χ4v) is 5.98. The first kappa shape index (κ1) is 23.6. The van der Waals surface area contributed by atoms with Gasteiger partial charge in [-0.05, 0) is 29.9 Å². The van der Waals surface area contributed by atoms with E-state index in [-0.39, 0.29) is 30.1 Å². The average Bonchev–Trinajstić information content (AvgIpc) is 2.66. The highest BCUT2D eigenvalue weighted by molar-refractivity contribution is 6.80. The summed E-state index contributed by atoms with van der Waals surface area (Å²) >= 11 is 0. The van der Waals surface area contributed by atoms with Gasteiger partial charge in [0.25, 0.3) is 0 Å². The normalized spacial score (nSPS) is 20.9. The van der Waals surface area contributed by atoms with E-state index in [2.05, 4.69) is 33.9 Å². The molecule has 0 aromatic heterocycles. The summed E-state index contributed by atoms with van der Waals surface area (Å²) in [6.45, 7) is 10.5. The van der Waals surface area contributed by atoms with Crippen LogP contribution < -0.4 is 0 Å². The molecule has 1 unspecified atom stereocenters. The van der Waals surface area contributed by atoms with Crippen LogP contribution in [0.3, 0.4) is 0 Å². The lowest BCUT2D eigenvalue weighted by Gasteiger charge is -2.57. The van der Waals surface area contributed by atoms with Gasteiger partial charge in [0.2, 0.25) is 5.91 Å². The Hall–Kier alpha value is -1.70. The van der Waals surface area contributed by atoms with Crippen LogP contribution >= 0.6 is 0 Å². The molecule has 0 radical (unpaired) electrons. The maximum absolute atomic E-state index is 13.0. The van der Waals surface area contributed by atoms with Crippen LogP contribution in [0.1, 0.15) is 45.6 Å². The van der Waals surface area contributed by atoms with Gasteiger partial charge >= 0.3 is 5.97 Å². The summed E-state index contributed by atoms with van der Waals surface area (Å²) in [4.78, 5) is 26.0. The van der Waals surface area contributed by atoms with E-state index in [0.29, 0.717) is 19.3 Å². The number of β-lactam (4-membered cyclic amide) rings is 1. The molecule has 1 saturated heterocycles. The molecule has 1 aliphatic rings. The Morgan fingerprint density at radius 1 is 1.24 bits per heavy atom. The van der Waals surface area contributed by atoms with Crippen LogP contribution in [0.5, 0.6) is 0 Å². The standard InChI is InChI=1S/C22H35NO5Si/c1-22(2,3)29(4,5)23-19(18(20(23)26)13-9-12-17(25)14-24)21(27)28-15-16-10-7-6-8-11-16/h6-8,10-11,17-19,24-25H,9,12-15H2,1-5H3/t17?,18-,19+/m1/s1. The molecule has 1 aromatic rings. The molecule has 0 saturated carbocycles. The molecule has 1 aliphatic heterocycles. The fraction of sp³-hybridized carbons (Fsp3) is 0.636. The van der Waals surface area contributed by atoms with E-state index < -0.39 is 26.3 Å². The van der Waals surface area contributed by atoms with Gasteiger partial charge < -0.3 is 19.5 Å². The lowest BCUT2D eigenvalue weighted by Crippen LogP contribution is -2.74. The summed E-state index contributed by atoms with van der Waals surface area (Å²) < 4.78 is 7.41. The first-order valence-corrected chi connectivity index (χ1v) is 13.3. The third-order valence-electron chi connectivity index (χ3n) is 6.38. The van der Waals surface area contributed by atoms with Gasteiger partial charge in [0.15, 0.2) is 8.24 Å². The SMILES string of the molecule is CC(C)(C)[Si](C)(C)N1C(=O)[C@H](CCCC(O)CO)[C@H]1C(=O)OCc1ccccc1. The minimum Gasteiger partial charge on any atom is -0.459 e. The number of hydrogen-bond acceptors (Lipinski definition) is 5. The predicted molar refractivity (Wildman–Crippen MR) is 115 cm³/mol. The molecular weight excluding hydrogens is 386 g/mol. The van der Waals surface area contributed by atoms with Crippen LogP contribution in [-0.2, 0) is 20.9 Å². The largest absolute Gasteiger partial charge is 0.459 e. The van der Waals surface area contributed by atoms with E-state index in [9.17, 15) is 14.7 Å². The second-order valence-corrected chi connectivity index (χ2v) is 14.5. The Balaban J connectivity index is 2.14. The van der Waals surface area contributed by atoms with Crippen LogP contribution in [0.15, 0.2) is 30.3 Å². The van der Waals surface area contributed by atoms with E-state index in [1.165, 1.54) is 0 Å². The number of aliphatic hydroxyl groups excluding tert-OH is 2. The maximum atomic E-state index is 13.0. The molecule has 0 aliphatic carbocycles. The number of hydrogen-bond donors (Lipinski definition) is 2. The molecule has 162 valence electrons. The molecule has 1 amide bonds. The second-order valence-electron chi connectivity index (χ2n) is 9.43. The Bertz CT molecular complexity index is 701. The van der Waals surface area contributed by atoms with Crippen LogP contribution in [-0.4, -0.2) is 53.6 Å². The number of nitrogens with zero attached hydrogens (tertiary/aromatic N) is 1. The van der Waals surface area contributed by atoms with Crippen molar-refractivity contribution in [2.75, 3.05) is 6.61 Å². The van der Waals surface area contributed by atoms with Gasteiger partial charge in [0.1, 0.15) is 12.6 Å². The van der Waals surface area contributed by atoms with Crippen LogP contribution in [0.4, 0.5) is 0 Å².